The lowest BCUT2D eigenvalue weighted by Crippen LogP contribution is -2.41. The number of hydrogen-bond acceptors (Lipinski definition) is 3. The van der Waals surface area contributed by atoms with E-state index in [1.54, 1.807) is 0 Å². The van der Waals surface area contributed by atoms with Crippen molar-refractivity contribution >= 4 is 17.7 Å². The highest BCUT2D eigenvalue weighted by Gasteiger charge is 2.58. The van der Waals surface area contributed by atoms with Gasteiger partial charge in [0.05, 0.1) is 11.7 Å². The first-order valence-electron chi connectivity index (χ1n) is 6.29. The van der Waals surface area contributed by atoms with Gasteiger partial charge < -0.3 is 4.90 Å². The van der Waals surface area contributed by atoms with Crippen molar-refractivity contribution in [3.05, 3.63) is 0 Å². The Morgan fingerprint density at radius 1 is 1.62 bits per heavy atom. The molecule has 1 N–H and O–H groups in total. The molecule has 1 saturated carbocycles. The Kier molecular flexibility index (Phi) is 3.50. The monoisotopic (exact) mass is 242 g/mol. The largest absolute Gasteiger partial charge is 0.323 e. The van der Waals surface area contributed by atoms with Crippen LogP contribution in [0.2, 0.25) is 0 Å². The smallest absolute Gasteiger partial charge is 0.244 e. The van der Waals surface area contributed by atoms with E-state index in [4.69, 9.17) is 0 Å². The van der Waals surface area contributed by atoms with Crippen LogP contribution in [0, 0.1) is 0 Å². The summed E-state index contributed by atoms with van der Waals surface area (Å²) in [5, 5.41) is 3.44. The maximum Gasteiger partial charge on any atom is 0.244 e. The van der Waals surface area contributed by atoms with Crippen molar-refractivity contribution < 1.29 is 4.79 Å². The summed E-state index contributed by atoms with van der Waals surface area (Å²) < 4.78 is 0. The van der Waals surface area contributed by atoms with Crippen LogP contribution in [0.5, 0.6) is 0 Å². The fraction of sp³-hybridized carbons (Fsp3) is 0.917. The van der Waals surface area contributed by atoms with Gasteiger partial charge in [0.2, 0.25) is 5.91 Å². The molecule has 3 nitrogen and oxygen atoms in total. The number of amides is 1. The quantitative estimate of drug-likeness (QED) is 0.747. The molecule has 2 unspecified atom stereocenters. The minimum atomic E-state index is -0.147. The normalized spacial score (nSPS) is 28.8. The minimum Gasteiger partial charge on any atom is -0.323 e. The van der Waals surface area contributed by atoms with Crippen molar-refractivity contribution in [1.82, 2.24) is 10.2 Å². The van der Waals surface area contributed by atoms with E-state index in [9.17, 15) is 4.79 Å². The minimum absolute atomic E-state index is 0.147. The first kappa shape index (κ1) is 12.2. The second-order valence-electron chi connectivity index (χ2n) is 4.95. The second kappa shape index (κ2) is 4.57. The number of carbonyl (C=O) groups excluding carboxylic acids is 1. The van der Waals surface area contributed by atoms with Gasteiger partial charge in [-0.3, -0.25) is 10.1 Å². The first-order chi connectivity index (χ1) is 7.60. The molecule has 1 aliphatic heterocycles. The van der Waals surface area contributed by atoms with Crippen LogP contribution in [0.4, 0.5) is 0 Å². The molecule has 1 amide bonds. The van der Waals surface area contributed by atoms with E-state index < -0.39 is 0 Å². The van der Waals surface area contributed by atoms with Gasteiger partial charge in [-0.25, -0.2) is 0 Å². The molecule has 0 bridgehead atoms. The molecular formula is C12H22N2OS. The average molecular weight is 242 g/mol. The van der Waals surface area contributed by atoms with Crippen LogP contribution in [0.25, 0.3) is 0 Å². The highest BCUT2D eigenvalue weighted by molar-refractivity contribution is 7.99. The van der Waals surface area contributed by atoms with E-state index >= 15 is 0 Å². The predicted octanol–water partition coefficient (Wildman–Crippen LogP) is 1.83. The van der Waals surface area contributed by atoms with E-state index in [1.807, 2.05) is 11.8 Å². The molecular weight excluding hydrogens is 220 g/mol. The Morgan fingerprint density at radius 2 is 2.31 bits per heavy atom. The molecule has 2 fully saturated rings. The Bertz CT molecular complexity index is 278. The van der Waals surface area contributed by atoms with Crippen LogP contribution in [0.3, 0.4) is 0 Å². The number of hydrogen-bond donors (Lipinski definition) is 1. The van der Waals surface area contributed by atoms with Gasteiger partial charge in [0, 0.05) is 6.04 Å². The Balaban J connectivity index is 1.90. The van der Waals surface area contributed by atoms with Crippen LogP contribution in [0.15, 0.2) is 0 Å². The summed E-state index contributed by atoms with van der Waals surface area (Å²) >= 11 is 1.95. The van der Waals surface area contributed by atoms with Gasteiger partial charge in [-0.15, -0.1) is 0 Å². The molecule has 92 valence electrons. The first-order valence-corrected chi connectivity index (χ1v) is 7.44. The summed E-state index contributed by atoms with van der Waals surface area (Å²) in [6.07, 6.45) is 3.38. The lowest BCUT2D eigenvalue weighted by Gasteiger charge is -2.28. The Labute approximate surface area is 102 Å². The predicted molar refractivity (Wildman–Crippen MR) is 68.5 cm³/mol. The molecule has 1 heterocycles. The van der Waals surface area contributed by atoms with Crippen molar-refractivity contribution in [1.29, 1.82) is 0 Å². The van der Waals surface area contributed by atoms with Crippen molar-refractivity contribution in [3.63, 3.8) is 0 Å². The van der Waals surface area contributed by atoms with Gasteiger partial charge in [-0.2, -0.15) is 11.8 Å². The summed E-state index contributed by atoms with van der Waals surface area (Å²) in [6, 6.07) is 0.369. The zero-order chi connectivity index (χ0) is 11.8. The highest BCUT2D eigenvalue weighted by atomic mass is 32.2. The van der Waals surface area contributed by atoms with Gasteiger partial charge in [-0.1, -0.05) is 6.92 Å². The molecule has 2 atom stereocenters. The molecule has 2 aliphatic rings. The molecule has 4 heteroatoms. The Hall–Kier alpha value is -0.220. The molecule has 1 aliphatic carbocycles. The maximum absolute atomic E-state index is 12.2. The van der Waals surface area contributed by atoms with Crippen LogP contribution >= 0.6 is 11.8 Å². The van der Waals surface area contributed by atoms with Gasteiger partial charge >= 0.3 is 0 Å². The summed E-state index contributed by atoms with van der Waals surface area (Å²) in [5.41, 5.74) is -0.147. The second-order valence-corrected chi connectivity index (χ2v) is 6.34. The zero-order valence-corrected chi connectivity index (χ0v) is 11.3. The third-order valence-electron chi connectivity index (χ3n) is 3.66. The van der Waals surface area contributed by atoms with E-state index in [1.165, 1.54) is 5.75 Å². The lowest BCUT2D eigenvalue weighted by molar-refractivity contribution is -0.132. The standard InChI is InChI=1S/C12H22N2OS/c1-4-16-8-5-9(2)14-10(3)13-12(6-7-12)11(14)15/h9-10,13H,4-8H2,1-3H3. The summed E-state index contributed by atoms with van der Waals surface area (Å²) in [6.45, 7) is 6.46. The van der Waals surface area contributed by atoms with Crippen molar-refractivity contribution in [2.75, 3.05) is 11.5 Å². The van der Waals surface area contributed by atoms with Crippen LogP contribution in [-0.2, 0) is 4.79 Å². The third kappa shape index (κ3) is 2.09. The SMILES string of the molecule is CCSCCC(C)N1C(=O)C2(CC2)NC1C. The molecule has 1 spiro atoms. The third-order valence-corrected chi connectivity index (χ3v) is 4.59. The van der Waals surface area contributed by atoms with Crippen molar-refractivity contribution in [2.24, 2.45) is 0 Å². The number of thioether (sulfide) groups is 1. The molecule has 0 aromatic rings. The zero-order valence-electron chi connectivity index (χ0n) is 10.5. The molecule has 0 radical (unpaired) electrons. The van der Waals surface area contributed by atoms with E-state index in [2.05, 4.69) is 31.0 Å². The molecule has 16 heavy (non-hydrogen) atoms. The fourth-order valence-electron chi connectivity index (χ4n) is 2.56. The van der Waals surface area contributed by atoms with Gasteiger partial charge in [0.1, 0.15) is 0 Å². The van der Waals surface area contributed by atoms with Gasteiger partial charge in [0.15, 0.2) is 0 Å². The van der Waals surface area contributed by atoms with Crippen molar-refractivity contribution in [2.45, 2.75) is 57.8 Å². The van der Waals surface area contributed by atoms with E-state index in [0.29, 0.717) is 11.9 Å². The number of nitrogens with zero attached hydrogens (tertiary/aromatic N) is 1. The van der Waals surface area contributed by atoms with Gasteiger partial charge in [-0.05, 0) is 44.6 Å². The van der Waals surface area contributed by atoms with Crippen LogP contribution in [0.1, 0.15) is 40.0 Å². The highest BCUT2D eigenvalue weighted by Crippen LogP contribution is 2.42. The lowest BCUT2D eigenvalue weighted by atomic mass is 10.2. The number of carbonyl (C=O) groups is 1. The van der Waals surface area contributed by atoms with Crippen LogP contribution in [-0.4, -0.2) is 40.1 Å². The van der Waals surface area contributed by atoms with E-state index in [0.717, 1.165) is 25.0 Å². The molecule has 0 aromatic carbocycles. The summed E-state index contributed by atoms with van der Waals surface area (Å²) in [7, 11) is 0. The molecule has 1 saturated heterocycles. The fourth-order valence-corrected chi connectivity index (χ4v) is 3.35. The molecule has 0 aromatic heterocycles. The number of rotatable bonds is 5. The topological polar surface area (TPSA) is 32.3 Å². The summed E-state index contributed by atoms with van der Waals surface area (Å²) in [5.74, 6) is 2.66. The average Bonchev–Trinajstić information content (AvgIpc) is 2.94. The number of nitrogens with one attached hydrogen (secondary N) is 1. The van der Waals surface area contributed by atoms with Gasteiger partial charge in [0.25, 0.3) is 0 Å². The molecule has 2 rings (SSSR count). The Morgan fingerprint density at radius 3 is 2.81 bits per heavy atom. The summed E-state index contributed by atoms with van der Waals surface area (Å²) in [4.78, 5) is 14.3. The van der Waals surface area contributed by atoms with Crippen molar-refractivity contribution in [3.8, 4) is 0 Å². The maximum atomic E-state index is 12.2. The van der Waals surface area contributed by atoms with Crippen LogP contribution < -0.4 is 5.32 Å². The van der Waals surface area contributed by atoms with E-state index in [-0.39, 0.29) is 11.7 Å².